The molecule has 0 bridgehead atoms. The highest BCUT2D eigenvalue weighted by atomic mass is 79.9. The first kappa shape index (κ1) is 15.4. The van der Waals surface area contributed by atoms with Crippen LogP contribution in [0.4, 0.5) is 15.8 Å². The van der Waals surface area contributed by atoms with E-state index in [0.717, 1.165) is 18.2 Å². The number of anilines is 1. The maximum absolute atomic E-state index is 13.2. The van der Waals surface area contributed by atoms with Gasteiger partial charge in [0.25, 0.3) is 15.7 Å². The van der Waals surface area contributed by atoms with Crippen LogP contribution in [0.15, 0.2) is 51.8 Å². The maximum atomic E-state index is 13.2. The number of halogens is 2. The van der Waals surface area contributed by atoms with E-state index in [4.69, 9.17) is 0 Å². The molecule has 0 unspecified atom stereocenters. The van der Waals surface area contributed by atoms with Crippen LogP contribution >= 0.6 is 15.9 Å². The van der Waals surface area contributed by atoms with Crippen molar-refractivity contribution in [1.82, 2.24) is 0 Å². The minimum atomic E-state index is -4.04. The molecule has 21 heavy (non-hydrogen) atoms. The minimum Gasteiger partial charge on any atom is -0.273 e. The number of nitro benzene ring substituents is 1. The molecular formula is C12H8BrFN2O4S. The summed E-state index contributed by atoms with van der Waals surface area (Å²) in [6.45, 7) is 0. The molecule has 0 aliphatic rings. The molecular weight excluding hydrogens is 367 g/mol. The van der Waals surface area contributed by atoms with E-state index in [-0.39, 0.29) is 4.90 Å². The highest BCUT2D eigenvalue weighted by Crippen LogP contribution is 2.27. The van der Waals surface area contributed by atoms with E-state index in [2.05, 4.69) is 15.9 Å². The number of benzene rings is 2. The fourth-order valence-corrected chi connectivity index (χ4v) is 2.90. The van der Waals surface area contributed by atoms with Crippen LogP contribution in [0.3, 0.4) is 0 Å². The van der Waals surface area contributed by atoms with Crippen molar-refractivity contribution in [2.45, 2.75) is 4.90 Å². The lowest BCUT2D eigenvalue weighted by molar-refractivity contribution is -0.383. The van der Waals surface area contributed by atoms with Crippen LogP contribution in [0.2, 0.25) is 0 Å². The third-order valence-corrected chi connectivity index (χ3v) is 4.43. The topological polar surface area (TPSA) is 89.3 Å². The normalized spacial score (nSPS) is 11.1. The van der Waals surface area contributed by atoms with Crippen LogP contribution in [0.1, 0.15) is 0 Å². The fourth-order valence-electron chi connectivity index (χ4n) is 1.57. The standard InChI is InChI=1S/C12H8BrFN2O4S/c13-8-1-4-10(5-2-8)21(19,20)15-11-7-9(14)3-6-12(11)16(17)18/h1-7,15H. The van der Waals surface area contributed by atoms with Crippen LogP contribution in [-0.4, -0.2) is 13.3 Å². The predicted molar refractivity (Wildman–Crippen MR) is 78.0 cm³/mol. The van der Waals surface area contributed by atoms with Gasteiger partial charge < -0.3 is 0 Å². The molecule has 0 amide bonds. The van der Waals surface area contributed by atoms with E-state index in [1.54, 1.807) is 0 Å². The molecule has 0 aliphatic heterocycles. The van der Waals surface area contributed by atoms with Gasteiger partial charge in [0.2, 0.25) is 0 Å². The van der Waals surface area contributed by atoms with E-state index in [1.165, 1.54) is 24.3 Å². The first-order valence-electron chi connectivity index (χ1n) is 5.52. The molecule has 0 saturated carbocycles. The summed E-state index contributed by atoms with van der Waals surface area (Å²) in [4.78, 5) is 9.96. The molecule has 0 heterocycles. The molecule has 110 valence electrons. The molecule has 0 atom stereocenters. The lowest BCUT2D eigenvalue weighted by Crippen LogP contribution is -2.14. The Bertz CT molecular complexity index is 793. The summed E-state index contributed by atoms with van der Waals surface area (Å²) in [5.74, 6) is -0.783. The van der Waals surface area contributed by atoms with Crippen molar-refractivity contribution in [3.05, 3.63) is 62.9 Å². The van der Waals surface area contributed by atoms with Gasteiger partial charge in [-0.15, -0.1) is 0 Å². The van der Waals surface area contributed by atoms with E-state index in [1.807, 2.05) is 4.72 Å². The van der Waals surface area contributed by atoms with Crippen molar-refractivity contribution in [1.29, 1.82) is 0 Å². The van der Waals surface area contributed by atoms with Gasteiger partial charge >= 0.3 is 0 Å². The van der Waals surface area contributed by atoms with Crippen LogP contribution in [0, 0.1) is 15.9 Å². The number of nitrogens with one attached hydrogen (secondary N) is 1. The lowest BCUT2D eigenvalue weighted by atomic mass is 10.3. The summed E-state index contributed by atoms with van der Waals surface area (Å²) in [5, 5.41) is 10.8. The van der Waals surface area contributed by atoms with Crippen LogP contribution in [0.25, 0.3) is 0 Å². The Balaban J connectivity index is 2.43. The Kier molecular flexibility index (Phi) is 4.24. The number of hydrogen-bond acceptors (Lipinski definition) is 4. The number of rotatable bonds is 4. The van der Waals surface area contributed by atoms with Crippen molar-refractivity contribution in [2.75, 3.05) is 4.72 Å². The van der Waals surface area contributed by atoms with Crippen LogP contribution < -0.4 is 4.72 Å². The van der Waals surface area contributed by atoms with Gasteiger partial charge in [-0.1, -0.05) is 15.9 Å². The number of hydrogen-bond donors (Lipinski definition) is 1. The third-order valence-electron chi connectivity index (χ3n) is 2.52. The molecule has 0 spiro atoms. The second kappa shape index (κ2) is 5.78. The molecule has 0 fully saturated rings. The van der Waals surface area contributed by atoms with E-state index in [0.29, 0.717) is 4.47 Å². The summed E-state index contributed by atoms with van der Waals surface area (Å²) in [5.41, 5.74) is -0.958. The predicted octanol–water partition coefficient (Wildman–Crippen LogP) is 3.30. The zero-order valence-electron chi connectivity index (χ0n) is 10.3. The van der Waals surface area contributed by atoms with Crippen LogP contribution in [-0.2, 0) is 10.0 Å². The van der Waals surface area contributed by atoms with Gasteiger partial charge in [0.1, 0.15) is 11.5 Å². The smallest absolute Gasteiger partial charge is 0.273 e. The van der Waals surface area contributed by atoms with Crippen molar-refractivity contribution in [3.8, 4) is 0 Å². The van der Waals surface area contributed by atoms with Crippen molar-refractivity contribution in [2.24, 2.45) is 0 Å². The fraction of sp³-hybridized carbons (Fsp3) is 0. The number of sulfonamides is 1. The Morgan fingerprint density at radius 1 is 1.14 bits per heavy atom. The van der Waals surface area contributed by atoms with Crippen LogP contribution in [0.5, 0.6) is 0 Å². The lowest BCUT2D eigenvalue weighted by Gasteiger charge is -2.08. The molecule has 0 saturated heterocycles. The van der Waals surface area contributed by atoms with Crippen molar-refractivity contribution in [3.63, 3.8) is 0 Å². The highest BCUT2D eigenvalue weighted by molar-refractivity contribution is 9.10. The SMILES string of the molecule is O=[N+]([O-])c1ccc(F)cc1NS(=O)(=O)c1ccc(Br)cc1. The quantitative estimate of drug-likeness (QED) is 0.656. The molecule has 6 nitrogen and oxygen atoms in total. The average molecular weight is 375 g/mol. The summed E-state index contributed by atoms with van der Waals surface area (Å²) in [6.07, 6.45) is 0. The third kappa shape index (κ3) is 3.56. The molecule has 0 radical (unpaired) electrons. The van der Waals surface area contributed by atoms with Gasteiger partial charge in [-0.05, 0) is 30.3 Å². The van der Waals surface area contributed by atoms with Gasteiger partial charge in [-0.3, -0.25) is 14.8 Å². The second-order valence-electron chi connectivity index (χ2n) is 3.98. The molecule has 0 aromatic heterocycles. The zero-order chi connectivity index (χ0) is 15.6. The summed E-state index contributed by atoms with van der Waals surface area (Å²) >= 11 is 3.17. The van der Waals surface area contributed by atoms with Gasteiger partial charge in [-0.2, -0.15) is 0 Å². The van der Waals surface area contributed by atoms with E-state index >= 15 is 0 Å². The molecule has 1 N–H and O–H groups in total. The maximum Gasteiger partial charge on any atom is 0.293 e. The highest BCUT2D eigenvalue weighted by Gasteiger charge is 2.21. The van der Waals surface area contributed by atoms with E-state index < -0.39 is 32.1 Å². The molecule has 2 aromatic rings. The Hall–Kier alpha value is -2.00. The summed E-state index contributed by atoms with van der Waals surface area (Å²) in [6, 6.07) is 8.19. The first-order valence-corrected chi connectivity index (χ1v) is 7.79. The minimum absolute atomic E-state index is 0.0933. The van der Waals surface area contributed by atoms with Gasteiger partial charge in [0, 0.05) is 16.6 Å². The van der Waals surface area contributed by atoms with Gasteiger partial charge in [0.05, 0.1) is 9.82 Å². The molecule has 0 aliphatic carbocycles. The zero-order valence-corrected chi connectivity index (χ0v) is 12.7. The summed E-state index contributed by atoms with van der Waals surface area (Å²) < 4.78 is 40.1. The second-order valence-corrected chi connectivity index (χ2v) is 6.58. The number of nitrogens with zero attached hydrogens (tertiary/aromatic N) is 1. The largest absolute Gasteiger partial charge is 0.293 e. The first-order chi connectivity index (χ1) is 9.79. The molecule has 2 rings (SSSR count). The molecule has 2 aromatic carbocycles. The Morgan fingerprint density at radius 3 is 2.33 bits per heavy atom. The van der Waals surface area contributed by atoms with Crippen molar-refractivity contribution < 1.29 is 17.7 Å². The van der Waals surface area contributed by atoms with E-state index in [9.17, 15) is 22.9 Å². The van der Waals surface area contributed by atoms with Gasteiger partial charge in [0.15, 0.2) is 0 Å². The average Bonchev–Trinajstić information content (AvgIpc) is 2.38. The Labute approximate surface area is 127 Å². The Morgan fingerprint density at radius 2 is 1.76 bits per heavy atom. The number of nitro groups is 1. The monoisotopic (exact) mass is 374 g/mol. The summed E-state index contributed by atoms with van der Waals surface area (Å²) in [7, 11) is -4.04. The van der Waals surface area contributed by atoms with Gasteiger partial charge in [-0.25, -0.2) is 12.8 Å². The molecule has 9 heteroatoms. The van der Waals surface area contributed by atoms with Crippen molar-refractivity contribution >= 4 is 37.3 Å².